The van der Waals surface area contributed by atoms with Crippen molar-refractivity contribution in [3.8, 4) is 5.75 Å². The van der Waals surface area contributed by atoms with E-state index in [1.165, 1.54) is 0 Å². The van der Waals surface area contributed by atoms with E-state index in [1.54, 1.807) is 0 Å². The Kier molecular flexibility index (Phi) is 6.73. The Morgan fingerprint density at radius 1 is 0.828 bits per heavy atom. The predicted octanol–water partition coefficient (Wildman–Crippen LogP) is 5.40. The summed E-state index contributed by atoms with van der Waals surface area (Å²) in [6, 6.07) is 28.1. The molecule has 0 spiro atoms. The minimum atomic E-state index is -1.14. The summed E-state index contributed by atoms with van der Waals surface area (Å²) in [6.45, 7) is 4.14. The van der Waals surface area contributed by atoms with E-state index in [4.69, 9.17) is 4.74 Å². The first-order chi connectivity index (χ1) is 14.0. The van der Waals surface area contributed by atoms with Gasteiger partial charge in [-0.05, 0) is 56.3 Å². The Balaban J connectivity index is 2.05. The van der Waals surface area contributed by atoms with Crippen molar-refractivity contribution in [1.82, 2.24) is 4.90 Å². The summed E-state index contributed by atoms with van der Waals surface area (Å²) in [7, 11) is 3.97. The van der Waals surface area contributed by atoms with E-state index in [0.717, 1.165) is 28.9 Å². The quantitative estimate of drug-likeness (QED) is 0.523. The number of nitrogens with zero attached hydrogens (tertiary/aromatic N) is 1. The molecule has 0 aromatic heterocycles. The lowest BCUT2D eigenvalue weighted by Gasteiger charge is -2.37. The van der Waals surface area contributed by atoms with Gasteiger partial charge < -0.3 is 9.84 Å². The summed E-state index contributed by atoms with van der Waals surface area (Å²) >= 11 is 0. The van der Waals surface area contributed by atoms with Crippen LogP contribution in [0.15, 0.2) is 84.9 Å². The molecular formula is C26H31NO2. The van der Waals surface area contributed by atoms with Crippen LogP contribution in [-0.4, -0.2) is 30.3 Å². The van der Waals surface area contributed by atoms with Crippen LogP contribution in [0.2, 0.25) is 0 Å². The van der Waals surface area contributed by atoms with E-state index in [1.807, 2.05) is 98.7 Å². The molecule has 152 valence electrons. The van der Waals surface area contributed by atoms with Gasteiger partial charge in [0, 0.05) is 5.92 Å². The van der Waals surface area contributed by atoms with E-state index in [-0.39, 0.29) is 12.1 Å². The maximum atomic E-state index is 12.2. The Morgan fingerprint density at radius 3 is 1.86 bits per heavy atom. The largest absolute Gasteiger partial charge is 0.475 e. The average molecular weight is 390 g/mol. The SMILES string of the molecule is CCC(c1ccccc1)C(O)(c1ccccc1)c1ccc(OC(C)N(C)C)cc1. The fourth-order valence-electron chi connectivity index (χ4n) is 3.81. The zero-order valence-corrected chi connectivity index (χ0v) is 17.7. The van der Waals surface area contributed by atoms with E-state index in [9.17, 15) is 5.11 Å². The van der Waals surface area contributed by atoms with Crippen molar-refractivity contribution in [2.24, 2.45) is 0 Å². The van der Waals surface area contributed by atoms with Crippen LogP contribution in [0, 0.1) is 0 Å². The summed E-state index contributed by atoms with van der Waals surface area (Å²) in [5.74, 6) is 0.719. The van der Waals surface area contributed by atoms with Crippen molar-refractivity contribution in [2.75, 3.05) is 14.1 Å². The molecular weight excluding hydrogens is 358 g/mol. The lowest BCUT2D eigenvalue weighted by molar-refractivity contribution is 0.0473. The van der Waals surface area contributed by atoms with E-state index in [2.05, 4.69) is 19.1 Å². The van der Waals surface area contributed by atoms with Gasteiger partial charge >= 0.3 is 0 Å². The second kappa shape index (κ2) is 9.25. The van der Waals surface area contributed by atoms with Crippen LogP contribution in [0.5, 0.6) is 5.75 Å². The summed E-state index contributed by atoms with van der Waals surface area (Å²) < 4.78 is 5.96. The number of rotatable bonds is 8. The van der Waals surface area contributed by atoms with Gasteiger partial charge in [0.1, 0.15) is 17.6 Å². The molecule has 0 fully saturated rings. The highest BCUT2D eigenvalue weighted by Gasteiger charge is 2.40. The molecule has 3 unspecified atom stereocenters. The van der Waals surface area contributed by atoms with E-state index >= 15 is 0 Å². The van der Waals surface area contributed by atoms with Crippen molar-refractivity contribution in [1.29, 1.82) is 0 Å². The van der Waals surface area contributed by atoms with Crippen LogP contribution in [0.1, 0.15) is 42.9 Å². The van der Waals surface area contributed by atoms with Gasteiger partial charge in [-0.3, -0.25) is 4.90 Å². The number of aliphatic hydroxyl groups is 1. The van der Waals surface area contributed by atoms with Gasteiger partial charge in [0.25, 0.3) is 0 Å². The molecule has 29 heavy (non-hydrogen) atoms. The topological polar surface area (TPSA) is 32.7 Å². The molecule has 0 bridgehead atoms. The first kappa shape index (κ1) is 21.1. The molecule has 0 amide bonds. The van der Waals surface area contributed by atoms with Crippen LogP contribution < -0.4 is 4.74 Å². The summed E-state index contributed by atoms with van der Waals surface area (Å²) in [5, 5.41) is 12.2. The Morgan fingerprint density at radius 2 is 1.34 bits per heavy atom. The maximum absolute atomic E-state index is 12.2. The normalized spacial score (nSPS) is 15.5. The Hall–Kier alpha value is -2.62. The van der Waals surface area contributed by atoms with Crippen LogP contribution in [0.3, 0.4) is 0 Å². The van der Waals surface area contributed by atoms with Gasteiger partial charge in [0.05, 0.1) is 0 Å². The third-order valence-corrected chi connectivity index (χ3v) is 5.66. The van der Waals surface area contributed by atoms with Crippen molar-refractivity contribution < 1.29 is 9.84 Å². The van der Waals surface area contributed by atoms with Crippen LogP contribution in [-0.2, 0) is 5.60 Å². The summed E-state index contributed by atoms with van der Waals surface area (Å²) in [4.78, 5) is 2.01. The molecule has 3 atom stereocenters. The standard InChI is InChI=1S/C26H31NO2/c1-5-25(21-12-8-6-9-13-21)26(28,22-14-10-7-11-15-22)23-16-18-24(19-17-23)29-20(2)27(3)4/h6-20,25,28H,5H2,1-4H3. The first-order valence-electron chi connectivity index (χ1n) is 10.2. The van der Waals surface area contributed by atoms with Gasteiger partial charge in [0.2, 0.25) is 0 Å². The van der Waals surface area contributed by atoms with Crippen LogP contribution in [0.4, 0.5) is 0 Å². The molecule has 3 nitrogen and oxygen atoms in total. The molecule has 3 heteroatoms. The van der Waals surface area contributed by atoms with Crippen LogP contribution in [0.25, 0.3) is 0 Å². The molecule has 3 aromatic carbocycles. The molecule has 3 aromatic rings. The monoisotopic (exact) mass is 389 g/mol. The molecule has 0 heterocycles. The Bertz CT molecular complexity index is 878. The van der Waals surface area contributed by atoms with Gasteiger partial charge in [-0.1, -0.05) is 79.7 Å². The summed E-state index contributed by atoms with van der Waals surface area (Å²) in [6.07, 6.45) is 0.785. The zero-order chi connectivity index (χ0) is 20.9. The highest BCUT2D eigenvalue weighted by atomic mass is 16.5. The third kappa shape index (κ3) is 4.52. The van der Waals surface area contributed by atoms with E-state index in [0.29, 0.717) is 0 Å². The van der Waals surface area contributed by atoms with Crippen molar-refractivity contribution >= 4 is 0 Å². The minimum Gasteiger partial charge on any atom is -0.475 e. The van der Waals surface area contributed by atoms with Gasteiger partial charge in [0.15, 0.2) is 0 Å². The molecule has 3 rings (SSSR count). The average Bonchev–Trinajstić information content (AvgIpc) is 2.76. The van der Waals surface area contributed by atoms with Gasteiger partial charge in [-0.25, -0.2) is 0 Å². The second-order valence-electron chi connectivity index (χ2n) is 7.71. The fourth-order valence-corrected chi connectivity index (χ4v) is 3.81. The highest BCUT2D eigenvalue weighted by Crippen LogP contribution is 2.44. The van der Waals surface area contributed by atoms with Gasteiger partial charge in [-0.2, -0.15) is 0 Å². The fraction of sp³-hybridized carbons (Fsp3) is 0.308. The summed E-state index contributed by atoms with van der Waals surface area (Å²) in [5.41, 5.74) is 1.75. The Labute approximate surface area is 174 Å². The van der Waals surface area contributed by atoms with Crippen molar-refractivity contribution in [2.45, 2.75) is 38.0 Å². The highest BCUT2D eigenvalue weighted by molar-refractivity contribution is 5.43. The maximum Gasteiger partial charge on any atom is 0.149 e. The zero-order valence-electron chi connectivity index (χ0n) is 17.7. The van der Waals surface area contributed by atoms with Crippen LogP contribution >= 0.6 is 0 Å². The molecule has 0 aliphatic heterocycles. The number of ether oxygens (including phenoxy) is 1. The lowest BCUT2D eigenvalue weighted by Crippen LogP contribution is -2.35. The van der Waals surface area contributed by atoms with Crippen molar-refractivity contribution in [3.05, 3.63) is 102 Å². The molecule has 0 radical (unpaired) electrons. The second-order valence-corrected chi connectivity index (χ2v) is 7.71. The molecule has 0 saturated carbocycles. The first-order valence-corrected chi connectivity index (χ1v) is 10.2. The smallest absolute Gasteiger partial charge is 0.149 e. The predicted molar refractivity (Wildman–Crippen MR) is 119 cm³/mol. The molecule has 0 aliphatic rings. The minimum absolute atomic E-state index is 0.0263. The molecule has 0 saturated heterocycles. The number of hydrogen-bond acceptors (Lipinski definition) is 3. The van der Waals surface area contributed by atoms with Crippen molar-refractivity contribution in [3.63, 3.8) is 0 Å². The lowest BCUT2D eigenvalue weighted by atomic mass is 9.72. The third-order valence-electron chi connectivity index (χ3n) is 5.66. The van der Waals surface area contributed by atoms with Gasteiger partial charge in [-0.15, -0.1) is 0 Å². The molecule has 0 aliphatic carbocycles. The molecule has 1 N–H and O–H groups in total. The number of hydrogen-bond donors (Lipinski definition) is 1. The van der Waals surface area contributed by atoms with E-state index < -0.39 is 5.60 Å². The number of benzene rings is 3.